The molecule has 0 radical (unpaired) electrons. The van der Waals surface area contributed by atoms with Crippen molar-refractivity contribution < 1.29 is 14.4 Å². The number of nitrogens with zero attached hydrogens (tertiary/aromatic N) is 1. The average molecular weight is 314 g/mol. The third-order valence-electron chi connectivity index (χ3n) is 4.86. The van der Waals surface area contributed by atoms with E-state index in [0.717, 1.165) is 22.2 Å². The molecular formula is C17H23BN2O3. The van der Waals surface area contributed by atoms with Gasteiger partial charge < -0.3 is 14.4 Å². The van der Waals surface area contributed by atoms with Crippen LogP contribution < -0.4 is 0 Å². The van der Waals surface area contributed by atoms with E-state index in [9.17, 15) is 5.11 Å². The molecule has 6 heteroatoms. The van der Waals surface area contributed by atoms with Crippen molar-refractivity contribution in [3.05, 3.63) is 34.9 Å². The fourth-order valence-corrected chi connectivity index (χ4v) is 2.65. The van der Waals surface area contributed by atoms with E-state index in [-0.39, 0.29) is 6.61 Å². The summed E-state index contributed by atoms with van der Waals surface area (Å²) in [4.78, 5) is 0. The second-order valence-electron chi connectivity index (χ2n) is 7.09. The molecule has 0 unspecified atom stereocenters. The van der Waals surface area contributed by atoms with Crippen molar-refractivity contribution in [2.24, 2.45) is 0 Å². The molecule has 2 N–H and O–H groups in total. The molecule has 5 nitrogen and oxygen atoms in total. The highest BCUT2D eigenvalue weighted by molar-refractivity contribution is 6.55. The van der Waals surface area contributed by atoms with Crippen LogP contribution in [0.4, 0.5) is 0 Å². The first-order valence-corrected chi connectivity index (χ1v) is 7.85. The van der Waals surface area contributed by atoms with Crippen LogP contribution in [0.25, 0.3) is 17.0 Å². The summed E-state index contributed by atoms with van der Waals surface area (Å²) in [5, 5.41) is 18.1. The van der Waals surface area contributed by atoms with Crippen LogP contribution in [-0.4, -0.2) is 40.2 Å². The van der Waals surface area contributed by atoms with Gasteiger partial charge in [0.15, 0.2) is 0 Å². The van der Waals surface area contributed by atoms with Gasteiger partial charge in [0.05, 0.1) is 23.3 Å². The van der Waals surface area contributed by atoms with Gasteiger partial charge in [-0.05, 0) is 51.7 Å². The summed E-state index contributed by atoms with van der Waals surface area (Å²) in [6.45, 7) is 9.88. The molecule has 2 heterocycles. The summed E-state index contributed by atoms with van der Waals surface area (Å²) in [6, 6.07) is 6.02. The number of hydrogen-bond donors (Lipinski definition) is 2. The maximum atomic E-state index is 9.76. The Morgan fingerprint density at radius 1 is 1.26 bits per heavy atom. The van der Waals surface area contributed by atoms with E-state index in [2.05, 4.69) is 10.2 Å². The van der Waals surface area contributed by atoms with Gasteiger partial charge in [0.25, 0.3) is 0 Å². The Bertz CT molecular complexity index is 748. The molecule has 122 valence electrons. The molecule has 0 saturated carbocycles. The van der Waals surface area contributed by atoms with Crippen molar-refractivity contribution >= 4 is 24.1 Å². The maximum absolute atomic E-state index is 9.76. The number of aliphatic hydroxyl groups excluding tert-OH is 1. The minimum atomic E-state index is -0.540. The molecule has 0 amide bonds. The minimum absolute atomic E-state index is 0.117. The van der Waals surface area contributed by atoms with Crippen LogP contribution in [0.3, 0.4) is 0 Å². The van der Waals surface area contributed by atoms with Gasteiger partial charge in [0, 0.05) is 11.1 Å². The van der Waals surface area contributed by atoms with Crippen molar-refractivity contribution in [3.63, 3.8) is 0 Å². The number of aromatic nitrogens is 2. The molecule has 1 aliphatic rings. The molecule has 1 aliphatic heterocycles. The van der Waals surface area contributed by atoms with Gasteiger partial charge >= 0.3 is 7.12 Å². The number of aliphatic hydroxyl groups is 1. The molecule has 0 spiro atoms. The summed E-state index contributed by atoms with van der Waals surface area (Å²) in [5.41, 5.74) is 2.77. The Labute approximate surface area is 136 Å². The van der Waals surface area contributed by atoms with Gasteiger partial charge in [0.1, 0.15) is 0 Å². The fraction of sp³-hybridized carbons (Fsp3) is 0.471. The lowest BCUT2D eigenvalue weighted by molar-refractivity contribution is 0.00578. The Morgan fingerprint density at radius 2 is 1.91 bits per heavy atom. The standard InChI is InChI=1S/C17H23BN2O3/c1-11-14-7-6-12(9-15(14)20-19-11)8-13(10-21)18-22-16(2,3)17(4,5)23-18/h6-9,21H,10H2,1-5H3,(H,19,20). The van der Waals surface area contributed by atoms with Crippen molar-refractivity contribution in [1.82, 2.24) is 10.2 Å². The Hall–Kier alpha value is -1.63. The SMILES string of the molecule is Cc1[nH]nc2cc(C=C(CO)B3OC(C)(C)C(C)(C)O3)ccc12. The number of aromatic amines is 1. The lowest BCUT2D eigenvalue weighted by Crippen LogP contribution is -2.41. The summed E-state index contributed by atoms with van der Waals surface area (Å²) >= 11 is 0. The monoisotopic (exact) mass is 314 g/mol. The second kappa shape index (κ2) is 5.48. The first-order chi connectivity index (χ1) is 10.7. The van der Waals surface area contributed by atoms with Crippen LogP contribution >= 0.6 is 0 Å². The number of fused-ring (bicyclic) bond motifs is 1. The number of aryl methyl sites for hydroxylation is 1. The van der Waals surface area contributed by atoms with Crippen molar-refractivity contribution in [3.8, 4) is 0 Å². The lowest BCUT2D eigenvalue weighted by atomic mass is 9.77. The quantitative estimate of drug-likeness (QED) is 0.855. The van der Waals surface area contributed by atoms with Gasteiger partial charge in [-0.3, -0.25) is 5.10 Å². The Morgan fingerprint density at radius 3 is 2.52 bits per heavy atom. The Kier molecular flexibility index (Phi) is 3.87. The molecular weight excluding hydrogens is 291 g/mol. The van der Waals surface area contributed by atoms with E-state index in [0.29, 0.717) is 5.47 Å². The highest BCUT2D eigenvalue weighted by Crippen LogP contribution is 2.38. The van der Waals surface area contributed by atoms with Crippen molar-refractivity contribution in [2.75, 3.05) is 6.61 Å². The van der Waals surface area contributed by atoms with Gasteiger partial charge in [-0.15, -0.1) is 0 Å². The second-order valence-corrected chi connectivity index (χ2v) is 7.09. The third kappa shape index (κ3) is 2.82. The molecule has 2 aromatic rings. The molecule has 3 rings (SSSR count). The van der Waals surface area contributed by atoms with E-state index >= 15 is 0 Å². The molecule has 0 atom stereocenters. The zero-order chi connectivity index (χ0) is 16.8. The van der Waals surface area contributed by atoms with E-state index in [4.69, 9.17) is 9.31 Å². The minimum Gasteiger partial charge on any atom is -0.400 e. The summed E-state index contributed by atoms with van der Waals surface area (Å²) in [7, 11) is -0.540. The number of benzene rings is 1. The molecule has 1 saturated heterocycles. The van der Waals surface area contributed by atoms with E-state index in [1.807, 2.05) is 58.9 Å². The predicted octanol–water partition coefficient (Wildman–Crippen LogP) is 2.88. The zero-order valence-corrected chi connectivity index (χ0v) is 14.3. The maximum Gasteiger partial charge on any atom is 0.492 e. The molecule has 0 aliphatic carbocycles. The summed E-state index contributed by atoms with van der Waals surface area (Å²) in [6.07, 6.45) is 1.91. The van der Waals surface area contributed by atoms with Gasteiger partial charge in [0.2, 0.25) is 0 Å². The van der Waals surface area contributed by atoms with E-state index in [1.165, 1.54) is 0 Å². The van der Waals surface area contributed by atoms with Crippen LogP contribution in [0.1, 0.15) is 39.0 Å². The van der Waals surface area contributed by atoms with Crippen LogP contribution in [-0.2, 0) is 9.31 Å². The average Bonchev–Trinajstić information content (AvgIpc) is 2.94. The largest absolute Gasteiger partial charge is 0.492 e. The van der Waals surface area contributed by atoms with E-state index < -0.39 is 18.3 Å². The first-order valence-electron chi connectivity index (χ1n) is 7.85. The summed E-state index contributed by atoms with van der Waals surface area (Å²) in [5.74, 6) is 0. The summed E-state index contributed by atoms with van der Waals surface area (Å²) < 4.78 is 12.0. The number of nitrogens with one attached hydrogen (secondary N) is 1. The van der Waals surface area contributed by atoms with Gasteiger partial charge in [-0.2, -0.15) is 5.10 Å². The smallest absolute Gasteiger partial charge is 0.400 e. The van der Waals surface area contributed by atoms with E-state index in [1.54, 1.807) is 0 Å². The zero-order valence-electron chi connectivity index (χ0n) is 14.3. The molecule has 1 aromatic heterocycles. The number of rotatable bonds is 3. The van der Waals surface area contributed by atoms with Gasteiger partial charge in [-0.1, -0.05) is 18.2 Å². The highest BCUT2D eigenvalue weighted by Gasteiger charge is 2.52. The molecule has 0 bridgehead atoms. The van der Waals surface area contributed by atoms with Crippen LogP contribution in [0, 0.1) is 6.92 Å². The van der Waals surface area contributed by atoms with Gasteiger partial charge in [-0.25, -0.2) is 0 Å². The normalized spacial score (nSPS) is 20.4. The predicted molar refractivity (Wildman–Crippen MR) is 92.0 cm³/mol. The molecule has 1 fully saturated rings. The molecule has 23 heavy (non-hydrogen) atoms. The Balaban J connectivity index is 1.92. The van der Waals surface area contributed by atoms with Crippen molar-refractivity contribution in [2.45, 2.75) is 45.8 Å². The molecule has 1 aromatic carbocycles. The van der Waals surface area contributed by atoms with Crippen molar-refractivity contribution in [1.29, 1.82) is 0 Å². The topological polar surface area (TPSA) is 67.4 Å². The third-order valence-corrected chi connectivity index (χ3v) is 4.86. The van der Waals surface area contributed by atoms with Crippen LogP contribution in [0.5, 0.6) is 0 Å². The van der Waals surface area contributed by atoms with Crippen LogP contribution in [0.2, 0.25) is 0 Å². The fourth-order valence-electron chi connectivity index (χ4n) is 2.65. The lowest BCUT2D eigenvalue weighted by Gasteiger charge is -2.32. The first kappa shape index (κ1) is 16.2. The number of H-pyrrole nitrogens is 1. The van der Waals surface area contributed by atoms with Crippen LogP contribution in [0.15, 0.2) is 23.7 Å². The number of hydrogen-bond acceptors (Lipinski definition) is 4. The highest BCUT2D eigenvalue weighted by atomic mass is 16.7.